The van der Waals surface area contributed by atoms with Crippen molar-refractivity contribution in [3.63, 3.8) is 0 Å². The van der Waals surface area contributed by atoms with Crippen molar-refractivity contribution < 1.29 is 4.79 Å². The fourth-order valence-electron chi connectivity index (χ4n) is 2.79. The van der Waals surface area contributed by atoms with Crippen molar-refractivity contribution in [3.05, 3.63) is 95.6 Å². The molecule has 122 valence electrons. The highest BCUT2D eigenvalue weighted by Crippen LogP contribution is 2.26. The highest BCUT2D eigenvalue weighted by atomic mass is 16.1. The van der Waals surface area contributed by atoms with E-state index in [0.29, 0.717) is 17.7 Å². The van der Waals surface area contributed by atoms with Gasteiger partial charge in [-0.15, -0.1) is 0 Å². The minimum Gasteiger partial charge on any atom is -0.352 e. The first-order valence-corrected chi connectivity index (χ1v) is 8.20. The maximum absolute atomic E-state index is 12.6. The summed E-state index contributed by atoms with van der Waals surface area (Å²) in [7, 11) is 0. The van der Waals surface area contributed by atoms with Crippen LogP contribution in [-0.4, -0.2) is 12.5 Å². The average Bonchev–Trinajstić information content (AvgIpc) is 2.68. The molecule has 0 aromatic heterocycles. The van der Waals surface area contributed by atoms with Crippen LogP contribution in [0.15, 0.2) is 78.9 Å². The standard InChI is InChI=1S/C22H18N2O/c23-16-18-10-4-5-11-19(18)20-12-6-7-13-21(20)22(25)24-15-14-17-8-2-1-3-9-17/h1-13H,14-15H2,(H,24,25). The van der Waals surface area contributed by atoms with Gasteiger partial charge in [-0.05, 0) is 29.7 Å². The van der Waals surface area contributed by atoms with E-state index in [9.17, 15) is 10.1 Å². The lowest BCUT2D eigenvalue weighted by Gasteiger charge is -2.11. The van der Waals surface area contributed by atoms with Crippen LogP contribution in [0.4, 0.5) is 0 Å². The molecule has 3 aromatic rings. The molecule has 0 radical (unpaired) electrons. The van der Waals surface area contributed by atoms with Crippen LogP contribution in [0.3, 0.4) is 0 Å². The summed E-state index contributed by atoms with van der Waals surface area (Å²) < 4.78 is 0. The molecule has 3 heteroatoms. The molecule has 0 fully saturated rings. The Kier molecular flexibility index (Phi) is 5.23. The van der Waals surface area contributed by atoms with Gasteiger partial charge in [0.1, 0.15) is 0 Å². The SMILES string of the molecule is N#Cc1ccccc1-c1ccccc1C(=O)NCCc1ccccc1. The van der Waals surface area contributed by atoms with E-state index in [0.717, 1.165) is 17.5 Å². The van der Waals surface area contributed by atoms with Gasteiger partial charge in [-0.1, -0.05) is 66.7 Å². The molecule has 0 aliphatic rings. The Morgan fingerprint density at radius 2 is 1.48 bits per heavy atom. The molecule has 0 heterocycles. The Morgan fingerprint density at radius 1 is 0.840 bits per heavy atom. The van der Waals surface area contributed by atoms with Crippen molar-refractivity contribution in [2.75, 3.05) is 6.54 Å². The first-order valence-electron chi connectivity index (χ1n) is 8.20. The van der Waals surface area contributed by atoms with Crippen molar-refractivity contribution in [1.82, 2.24) is 5.32 Å². The van der Waals surface area contributed by atoms with Crippen molar-refractivity contribution in [3.8, 4) is 17.2 Å². The molecule has 1 N–H and O–H groups in total. The monoisotopic (exact) mass is 326 g/mol. The van der Waals surface area contributed by atoms with E-state index >= 15 is 0 Å². The molecule has 1 amide bonds. The highest BCUT2D eigenvalue weighted by Gasteiger charge is 2.14. The van der Waals surface area contributed by atoms with Gasteiger partial charge < -0.3 is 5.32 Å². The summed E-state index contributed by atoms with van der Waals surface area (Å²) in [5.74, 6) is -0.126. The smallest absolute Gasteiger partial charge is 0.251 e. The molecule has 3 rings (SSSR count). The summed E-state index contributed by atoms with van der Waals surface area (Å²) in [5, 5.41) is 12.3. The number of carbonyl (C=O) groups is 1. The first kappa shape index (κ1) is 16.5. The van der Waals surface area contributed by atoms with E-state index in [1.54, 1.807) is 12.1 Å². The third-order valence-electron chi connectivity index (χ3n) is 4.05. The van der Waals surface area contributed by atoms with Crippen LogP contribution >= 0.6 is 0 Å². The molecular weight excluding hydrogens is 308 g/mol. The number of amides is 1. The summed E-state index contributed by atoms with van der Waals surface area (Å²) >= 11 is 0. The van der Waals surface area contributed by atoms with Gasteiger partial charge in [-0.3, -0.25) is 4.79 Å². The number of hydrogen-bond donors (Lipinski definition) is 1. The maximum atomic E-state index is 12.6. The Labute approximate surface area is 147 Å². The molecule has 25 heavy (non-hydrogen) atoms. The largest absolute Gasteiger partial charge is 0.352 e. The number of nitrogens with one attached hydrogen (secondary N) is 1. The molecule has 0 bridgehead atoms. The Morgan fingerprint density at radius 3 is 2.24 bits per heavy atom. The fourth-order valence-corrected chi connectivity index (χ4v) is 2.79. The molecule has 0 atom stereocenters. The average molecular weight is 326 g/mol. The number of hydrogen-bond acceptors (Lipinski definition) is 2. The number of nitriles is 1. The van der Waals surface area contributed by atoms with E-state index in [1.807, 2.05) is 66.7 Å². The lowest BCUT2D eigenvalue weighted by molar-refractivity contribution is 0.0955. The predicted octanol–water partition coefficient (Wildman–Crippen LogP) is 4.20. The van der Waals surface area contributed by atoms with Crippen molar-refractivity contribution in [2.45, 2.75) is 6.42 Å². The predicted molar refractivity (Wildman–Crippen MR) is 99.1 cm³/mol. The normalized spacial score (nSPS) is 10.0. The fraction of sp³-hybridized carbons (Fsp3) is 0.0909. The van der Waals surface area contributed by atoms with Crippen molar-refractivity contribution in [1.29, 1.82) is 5.26 Å². The van der Waals surface area contributed by atoms with E-state index in [4.69, 9.17) is 0 Å². The molecule has 0 spiro atoms. The molecule has 0 saturated carbocycles. The van der Waals surface area contributed by atoms with Crippen molar-refractivity contribution in [2.24, 2.45) is 0 Å². The number of carbonyl (C=O) groups excluding carboxylic acids is 1. The van der Waals surface area contributed by atoms with Crippen LogP contribution < -0.4 is 5.32 Å². The molecular formula is C22H18N2O. The maximum Gasteiger partial charge on any atom is 0.251 e. The number of nitrogens with zero attached hydrogens (tertiary/aromatic N) is 1. The van der Waals surface area contributed by atoms with Gasteiger partial charge in [0.05, 0.1) is 11.6 Å². The van der Waals surface area contributed by atoms with Gasteiger partial charge in [0.2, 0.25) is 0 Å². The molecule has 3 nitrogen and oxygen atoms in total. The minimum atomic E-state index is -0.126. The van der Waals surface area contributed by atoms with E-state index < -0.39 is 0 Å². The zero-order chi connectivity index (χ0) is 17.5. The van der Waals surface area contributed by atoms with Gasteiger partial charge in [0, 0.05) is 17.7 Å². The van der Waals surface area contributed by atoms with Crippen molar-refractivity contribution >= 4 is 5.91 Å². The minimum absolute atomic E-state index is 0.126. The first-order chi connectivity index (χ1) is 12.3. The number of rotatable bonds is 5. The second-order valence-electron chi connectivity index (χ2n) is 5.69. The second kappa shape index (κ2) is 7.94. The van der Waals surface area contributed by atoms with E-state index in [2.05, 4.69) is 11.4 Å². The summed E-state index contributed by atoms with van der Waals surface area (Å²) in [6.45, 7) is 0.567. The molecule has 0 aliphatic heterocycles. The van der Waals surface area contributed by atoms with Gasteiger partial charge in [-0.25, -0.2) is 0 Å². The molecule has 0 unspecified atom stereocenters. The van der Waals surface area contributed by atoms with Crippen LogP contribution in [0, 0.1) is 11.3 Å². The van der Waals surface area contributed by atoms with Gasteiger partial charge in [0.25, 0.3) is 5.91 Å². The quantitative estimate of drug-likeness (QED) is 0.764. The third-order valence-corrected chi connectivity index (χ3v) is 4.05. The number of benzene rings is 3. The van der Waals surface area contributed by atoms with Gasteiger partial charge in [-0.2, -0.15) is 5.26 Å². The zero-order valence-corrected chi connectivity index (χ0v) is 13.8. The van der Waals surface area contributed by atoms with Crippen LogP contribution in [0.5, 0.6) is 0 Å². The van der Waals surface area contributed by atoms with E-state index in [1.165, 1.54) is 5.56 Å². The molecule has 3 aromatic carbocycles. The summed E-state index contributed by atoms with van der Waals surface area (Å²) in [6.07, 6.45) is 0.781. The Balaban J connectivity index is 1.79. The highest BCUT2D eigenvalue weighted by molar-refractivity contribution is 6.01. The van der Waals surface area contributed by atoms with Gasteiger partial charge >= 0.3 is 0 Å². The molecule has 0 saturated heterocycles. The van der Waals surface area contributed by atoms with Crippen LogP contribution in [0.2, 0.25) is 0 Å². The lowest BCUT2D eigenvalue weighted by Crippen LogP contribution is -2.26. The lowest BCUT2D eigenvalue weighted by atomic mass is 9.95. The van der Waals surface area contributed by atoms with E-state index in [-0.39, 0.29) is 5.91 Å². The summed E-state index contributed by atoms with van der Waals surface area (Å²) in [5.41, 5.74) is 3.88. The second-order valence-corrected chi connectivity index (χ2v) is 5.69. The topological polar surface area (TPSA) is 52.9 Å². The Hall–Kier alpha value is -3.38. The van der Waals surface area contributed by atoms with Crippen LogP contribution in [0.25, 0.3) is 11.1 Å². The van der Waals surface area contributed by atoms with Crippen LogP contribution in [-0.2, 0) is 6.42 Å². The summed E-state index contributed by atoms with van der Waals surface area (Å²) in [4.78, 5) is 12.6. The Bertz CT molecular complexity index is 911. The van der Waals surface area contributed by atoms with Crippen LogP contribution in [0.1, 0.15) is 21.5 Å². The third kappa shape index (κ3) is 3.94. The molecule has 0 aliphatic carbocycles. The summed E-state index contributed by atoms with van der Waals surface area (Å²) in [6, 6.07) is 27.0. The van der Waals surface area contributed by atoms with Gasteiger partial charge in [0.15, 0.2) is 0 Å². The zero-order valence-electron chi connectivity index (χ0n) is 13.8.